The molecule has 0 radical (unpaired) electrons. The van der Waals surface area contributed by atoms with Crippen LogP contribution in [0.3, 0.4) is 0 Å². The first kappa shape index (κ1) is 22.1. The van der Waals surface area contributed by atoms with Gasteiger partial charge in [-0.25, -0.2) is 8.42 Å². The molecule has 0 saturated heterocycles. The molecule has 0 fully saturated rings. The van der Waals surface area contributed by atoms with Crippen LogP contribution in [-0.2, 0) is 14.8 Å². The highest BCUT2D eigenvalue weighted by Crippen LogP contribution is 2.40. The largest absolute Gasteiger partial charge is 0.369 e. The lowest BCUT2D eigenvalue weighted by Crippen LogP contribution is -2.59. The van der Waals surface area contributed by atoms with E-state index in [1.165, 1.54) is 18.5 Å². The topological polar surface area (TPSA) is 115 Å². The number of nitrogens with two attached hydrogens (primary N) is 1. The molecule has 164 valence electrons. The van der Waals surface area contributed by atoms with Gasteiger partial charge >= 0.3 is 0 Å². The van der Waals surface area contributed by atoms with E-state index in [1.54, 1.807) is 60.7 Å². The summed E-state index contributed by atoms with van der Waals surface area (Å²) in [5.41, 5.74) is 5.86. The Morgan fingerprint density at radius 2 is 1.84 bits per heavy atom. The Labute approximate surface area is 191 Å². The van der Waals surface area contributed by atoms with Crippen molar-refractivity contribution in [3.63, 3.8) is 0 Å². The van der Waals surface area contributed by atoms with Gasteiger partial charge in [-0.15, -0.1) is 0 Å². The van der Waals surface area contributed by atoms with Crippen molar-refractivity contribution in [1.82, 2.24) is 14.7 Å². The van der Waals surface area contributed by atoms with Gasteiger partial charge in [-0.1, -0.05) is 61.0 Å². The third kappa shape index (κ3) is 3.92. The molecule has 0 saturated carbocycles. The molecular weight excluding hydrogens is 448 g/mol. The second-order valence-electron chi connectivity index (χ2n) is 7.62. The van der Waals surface area contributed by atoms with Crippen LogP contribution in [0.1, 0.15) is 18.4 Å². The number of nitrogens with zero attached hydrogens (tertiary/aromatic N) is 2. The minimum atomic E-state index is -4.14. The molecule has 9 heteroatoms. The molecule has 0 bridgehead atoms. The molecule has 3 atom stereocenters. The minimum absolute atomic E-state index is 0.0306. The molecule has 1 amide bonds. The fourth-order valence-electron chi connectivity index (χ4n) is 4.08. The first-order valence-electron chi connectivity index (χ1n) is 9.89. The highest BCUT2D eigenvalue weighted by atomic mass is 35.5. The quantitative estimate of drug-likeness (QED) is 0.575. The van der Waals surface area contributed by atoms with Crippen LogP contribution in [0.25, 0.3) is 11.0 Å². The summed E-state index contributed by atoms with van der Waals surface area (Å²) in [7, 11) is -4.14. The Hall–Kier alpha value is -3.07. The summed E-state index contributed by atoms with van der Waals surface area (Å²) in [6, 6.07) is 11.8. The molecule has 3 N–H and O–H groups in total. The number of primary amides is 1. The smallest absolute Gasteiger partial charge is 0.243 e. The monoisotopic (exact) mass is 468 g/mol. The van der Waals surface area contributed by atoms with Gasteiger partial charge in [-0.2, -0.15) is 4.72 Å². The molecule has 1 aliphatic carbocycles. The average molecular weight is 469 g/mol. The van der Waals surface area contributed by atoms with Gasteiger partial charge in [0, 0.05) is 23.3 Å². The number of hydrogen-bond donors (Lipinski definition) is 2. The highest BCUT2D eigenvalue weighted by Gasteiger charge is 2.48. The van der Waals surface area contributed by atoms with Crippen LogP contribution < -0.4 is 10.5 Å². The van der Waals surface area contributed by atoms with Crippen molar-refractivity contribution < 1.29 is 13.2 Å². The second-order valence-corrected chi connectivity index (χ2v) is 9.70. The van der Waals surface area contributed by atoms with Gasteiger partial charge < -0.3 is 5.73 Å². The SMILES string of the molecule is CC(c1ccc(Cl)cc1)C1(NS(=O)(=O)c2cccc3nccnc23)C=CC=CC1C(N)=O. The fourth-order valence-corrected chi connectivity index (χ4v) is 5.82. The molecule has 3 unspecified atom stereocenters. The van der Waals surface area contributed by atoms with E-state index in [1.807, 2.05) is 6.92 Å². The zero-order valence-electron chi connectivity index (χ0n) is 17.1. The van der Waals surface area contributed by atoms with Crippen LogP contribution in [0, 0.1) is 5.92 Å². The molecule has 0 spiro atoms. The number of sulfonamides is 1. The summed E-state index contributed by atoms with van der Waals surface area (Å²) in [6.45, 7) is 1.84. The highest BCUT2D eigenvalue weighted by molar-refractivity contribution is 7.89. The number of aromatic nitrogens is 2. The van der Waals surface area contributed by atoms with E-state index < -0.39 is 33.3 Å². The van der Waals surface area contributed by atoms with Gasteiger partial charge in [0.05, 0.1) is 17.0 Å². The number of fused-ring (bicyclic) bond motifs is 1. The number of nitrogens with one attached hydrogen (secondary N) is 1. The van der Waals surface area contributed by atoms with Gasteiger partial charge in [0.25, 0.3) is 0 Å². The van der Waals surface area contributed by atoms with E-state index in [4.69, 9.17) is 17.3 Å². The van der Waals surface area contributed by atoms with Crippen molar-refractivity contribution in [2.75, 3.05) is 0 Å². The van der Waals surface area contributed by atoms with E-state index in [-0.39, 0.29) is 10.4 Å². The molecular formula is C23H21ClN4O3S. The molecule has 32 heavy (non-hydrogen) atoms. The standard InChI is InChI=1S/C23H21ClN4O3S/c1-15(16-8-10-17(24)11-9-16)23(12-3-2-5-18(23)22(25)29)28-32(30,31)20-7-4-6-19-21(20)27-14-13-26-19/h2-15,18,28H,1H3,(H2,25,29). The van der Waals surface area contributed by atoms with Crippen molar-refractivity contribution in [3.05, 3.63) is 89.7 Å². The third-order valence-electron chi connectivity index (χ3n) is 5.76. The molecule has 1 aromatic heterocycles. The second kappa shape index (κ2) is 8.46. The number of amides is 1. The zero-order valence-corrected chi connectivity index (χ0v) is 18.7. The Kier molecular flexibility index (Phi) is 5.85. The maximum absolute atomic E-state index is 13.7. The maximum atomic E-state index is 13.7. The van der Waals surface area contributed by atoms with Gasteiger partial charge in [-0.3, -0.25) is 14.8 Å². The summed E-state index contributed by atoms with van der Waals surface area (Å²) in [6.07, 6.45) is 9.60. The number of benzene rings is 2. The maximum Gasteiger partial charge on any atom is 0.243 e. The summed E-state index contributed by atoms with van der Waals surface area (Å²) >= 11 is 6.03. The Bertz CT molecular complexity index is 1330. The number of para-hydroxylation sites is 1. The summed E-state index contributed by atoms with van der Waals surface area (Å²) in [5, 5.41) is 0.551. The normalized spacial score (nSPS) is 21.5. The zero-order chi connectivity index (χ0) is 22.9. The average Bonchev–Trinajstić information content (AvgIpc) is 2.78. The van der Waals surface area contributed by atoms with Gasteiger partial charge in [0.1, 0.15) is 10.4 Å². The molecule has 3 aromatic rings. The molecule has 2 aromatic carbocycles. The Morgan fingerprint density at radius 1 is 1.12 bits per heavy atom. The van der Waals surface area contributed by atoms with Gasteiger partial charge in [0.2, 0.25) is 15.9 Å². The third-order valence-corrected chi connectivity index (χ3v) is 7.54. The summed E-state index contributed by atoms with van der Waals surface area (Å²) in [4.78, 5) is 20.8. The number of carbonyl (C=O) groups is 1. The van der Waals surface area contributed by atoms with Crippen LogP contribution in [0.15, 0.2) is 84.1 Å². The lowest BCUT2D eigenvalue weighted by Gasteiger charge is -2.42. The minimum Gasteiger partial charge on any atom is -0.369 e. The number of rotatable bonds is 6. The number of halogens is 1. The van der Waals surface area contributed by atoms with E-state index in [9.17, 15) is 13.2 Å². The van der Waals surface area contributed by atoms with Crippen molar-refractivity contribution >= 4 is 38.6 Å². The van der Waals surface area contributed by atoms with E-state index in [0.29, 0.717) is 10.5 Å². The van der Waals surface area contributed by atoms with E-state index in [0.717, 1.165) is 5.56 Å². The Balaban J connectivity index is 1.87. The molecule has 7 nitrogen and oxygen atoms in total. The Morgan fingerprint density at radius 3 is 2.56 bits per heavy atom. The van der Waals surface area contributed by atoms with Crippen molar-refractivity contribution in [1.29, 1.82) is 0 Å². The number of hydrogen-bond acceptors (Lipinski definition) is 5. The lowest BCUT2D eigenvalue weighted by atomic mass is 9.70. The fraction of sp³-hybridized carbons (Fsp3) is 0.174. The van der Waals surface area contributed by atoms with Crippen molar-refractivity contribution in [2.24, 2.45) is 11.7 Å². The summed E-state index contributed by atoms with van der Waals surface area (Å²) in [5.74, 6) is -2.03. The van der Waals surface area contributed by atoms with Crippen molar-refractivity contribution in [3.8, 4) is 0 Å². The first-order valence-corrected chi connectivity index (χ1v) is 11.8. The first-order chi connectivity index (χ1) is 15.2. The van der Waals surface area contributed by atoms with Crippen molar-refractivity contribution in [2.45, 2.75) is 23.3 Å². The van der Waals surface area contributed by atoms with E-state index in [2.05, 4.69) is 14.7 Å². The molecule has 0 aliphatic heterocycles. The molecule has 4 rings (SSSR count). The van der Waals surface area contributed by atoms with Crippen LogP contribution >= 0.6 is 11.6 Å². The summed E-state index contributed by atoms with van der Waals surface area (Å²) < 4.78 is 30.1. The number of allylic oxidation sites excluding steroid dienone is 2. The van der Waals surface area contributed by atoms with Crippen LogP contribution in [0.5, 0.6) is 0 Å². The lowest BCUT2D eigenvalue weighted by molar-refractivity contribution is -0.122. The van der Waals surface area contributed by atoms with Gasteiger partial charge in [-0.05, 0) is 29.8 Å². The molecule has 1 heterocycles. The van der Waals surface area contributed by atoms with Crippen LogP contribution in [-0.4, -0.2) is 29.8 Å². The molecule has 1 aliphatic rings. The van der Waals surface area contributed by atoms with Crippen LogP contribution in [0.4, 0.5) is 0 Å². The van der Waals surface area contributed by atoms with Crippen LogP contribution in [0.2, 0.25) is 5.02 Å². The number of carbonyl (C=O) groups excluding carboxylic acids is 1. The predicted octanol–water partition coefficient (Wildman–Crippen LogP) is 3.33. The van der Waals surface area contributed by atoms with Gasteiger partial charge in [0.15, 0.2) is 0 Å². The van der Waals surface area contributed by atoms with E-state index >= 15 is 0 Å². The predicted molar refractivity (Wildman–Crippen MR) is 123 cm³/mol.